The van der Waals surface area contributed by atoms with Crippen molar-refractivity contribution in [3.05, 3.63) is 48.5 Å². The van der Waals surface area contributed by atoms with Crippen LogP contribution in [0.3, 0.4) is 0 Å². The maximum atomic E-state index is 7.98. The van der Waals surface area contributed by atoms with Crippen LogP contribution in [0.15, 0.2) is 43.0 Å². The lowest BCUT2D eigenvalue weighted by Gasteiger charge is -1.93. The summed E-state index contributed by atoms with van der Waals surface area (Å²) in [6, 6.07) is 5.68. The van der Waals surface area contributed by atoms with Gasteiger partial charge in [0.15, 0.2) is 16.9 Å². The lowest BCUT2D eigenvalue weighted by molar-refractivity contribution is -0.645. The fraction of sp³-hybridized carbons (Fsp3) is 0.133. The fourth-order valence-electron chi connectivity index (χ4n) is 3.07. The highest BCUT2D eigenvalue weighted by Crippen LogP contribution is 2.30. The molecule has 0 atom stereocenters. The van der Waals surface area contributed by atoms with Crippen LogP contribution in [-0.4, -0.2) is 18.9 Å². The largest absolute Gasteiger partial charge is 0.309 e. The van der Waals surface area contributed by atoms with Crippen LogP contribution in [0, 0.1) is 0 Å². The van der Waals surface area contributed by atoms with E-state index in [2.05, 4.69) is 9.97 Å². The van der Waals surface area contributed by atoms with Gasteiger partial charge in [-0.25, -0.2) is 19.1 Å². The van der Waals surface area contributed by atoms with Crippen LogP contribution < -0.4 is 4.57 Å². The number of hydrogen-bond donors (Lipinski definition) is 0. The molecule has 0 saturated heterocycles. The van der Waals surface area contributed by atoms with E-state index < -0.39 is 6.98 Å². The molecule has 1 aliphatic rings. The molecule has 1 aliphatic heterocycles. The van der Waals surface area contributed by atoms with Crippen LogP contribution in [0.25, 0.3) is 28.2 Å². The van der Waals surface area contributed by atoms with E-state index in [1.807, 2.05) is 39.6 Å². The first-order valence-corrected chi connectivity index (χ1v) is 6.40. The normalized spacial score (nSPS) is 15.9. The predicted octanol–water partition coefficient (Wildman–Crippen LogP) is 1.54. The lowest BCUT2D eigenvalue weighted by Crippen LogP contribution is -2.31. The first-order valence-electron chi connectivity index (χ1n) is 7.90. The topological polar surface area (TPSA) is 39.0 Å². The molecule has 0 radical (unpaired) electrons. The third kappa shape index (κ3) is 1.02. The minimum atomic E-state index is -2.29. The summed E-state index contributed by atoms with van der Waals surface area (Å²) in [4.78, 5) is 8.84. The molecule has 0 aliphatic carbocycles. The molecule has 0 spiro atoms. The molecular formula is C15H12N5+. The minimum Gasteiger partial charge on any atom is -0.300 e. The van der Waals surface area contributed by atoms with Gasteiger partial charge in [0.05, 0.1) is 17.3 Å². The van der Waals surface area contributed by atoms with Crippen LogP contribution >= 0.6 is 0 Å². The van der Waals surface area contributed by atoms with E-state index >= 15 is 0 Å². The van der Waals surface area contributed by atoms with E-state index in [4.69, 9.17) is 4.11 Å². The van der Waals surface area contributed by atoms with Crippen LogP contribution in [0.1, 0.15) is 9.68 Å². The summed E-state index contributed by atoms with van der Waals surface area (Å²) in [7, 11) is 0. The molecule has 5 heteroatoms. The fourth-order valence-corrected chi connectivity index (χ4v) is 3.07. The Morgan fingerprint density at radius 3 is 3.20 bits per heavy atom. The summed E-state index contributed by atoms with van der Waals surface area (Å²) in [5, 5.41) is 0. The second-order valence-corrected chi connectivity index (χ2v) is 4.97. The number of nitrogens with zero attached hydrogens (tertiary/aromatic N) is 5. The van der Waals surface area contributed by atoms with Gasteiger partial charge in [0, 0.05) is 24.2 Å². The standard InChI is InChI=1S/C15H12N5/c1-18-11-9-19-7-3-6-17-14(19)13(11)20-8-10-4-2-5-16-12(10)15(18)20/h2-7,9H,8H2,1H3/q+1/i1D3. The zero-order valence-electron chi connectivity index (χ0n) is 13.5. The molecular weight excluding hydrogens is 250 g/mol. The van der Waals surface area contributed by atoms with E-state index in [-0.39, 0.29) is 0 Å². The molecule has 5 heterocycles. The van der Waals surface area contributed by atoms with Crippen LogP contribution in [0.5, 0.6) is 0 Å². The van der Waals surface area contributed by atoms with Crippen molar-refractivity contribution < 1.29 is 8.68 Å². The number of aromatic nitrogens is 5. The maximum absolute atomic E-state index is 7.98. The van der Waals surface area contributed by atoms with Gasteiger partial charge in [-0.3, -0.25) is 0 Å². The van der Waals surface area contributed by atoms with Gasteiger partial charge in [-0.2, -0.15) is 0 Å². The van der Waals surface area contributed by atoms with Gasteiger partial charge in [-0.15, -0.1) is 0 Å². The summed E-state index contributed by atoms with van der Waals surface area (Å²) in [5.74, 6) is 0.624. The Labute approximate surface area is 119 Å². The molecule has 4 aromatic rings. The summed E-state index contributed by atoms with van der Waals surface area (Å²) in [5.41, 5.74) is 3.98. The molecule has 0 unspecified atom stereocenters. The molecule has 96 valence electrons. The monoisotopic (exact) mass is 265 g/mol. The lowest BCUT2D eigenvalue weighted by atomic mass is 10.2. The third-order valence-corrected chi connectivity index (χ3v) is 3.90. The number of hydrogen-bond acceptors (Lipinski definition) is 2. The second kappa shape index (κ2) is 3.25. The molecule has 0 saturated carbocycles. The van der Waals surface area contributed by atoms with Gasteiger partial charge >= 0.3 is 5.82 Å². The number of aryl methyl sites for hydroxylation is 1. The van der Waals surface area contributed by atoms with Gasteiger partial charge in [0.1, 0.15) is 6.54 Å². The van der Waals surface area contributed by atoms with Gasteiger partial charge in [0.25, 0.3) is 0 Å². The van der Waals surface area contributed by atoms with Crippen molar-refractivity contribution in [1.82, 2.24) is 18.9 Å². The Morgan fingerprint density at radius 1 is 1.30 bits per heavy atom. The van der Waals surface area contributed by atoms with E-state index in [0.29, 0.717) is 17.9 Å². The smallest absolute Gasteiger partial charge is 0.300 e. The minimum absolute atomic E-state index is 0.605. The van der Waals surface area contributed by atoms with E-state index in [1.54, 1.807) is 12.4 Å². The zero-order valence-corrected chi connectivity index (χ0v) is 10.5. The SMILES string of the molecule is [2H]C([2H])([2H])n1c2[n+](c3c1cn1cccnc31)Cc1cccnc1-2. The quantitative estimate of drug-likeness (QED) is 0.398. The van der Waals surface area contributed by atoms with Crippen molar-refractivity contribution in [3.8, 4) is 11.5 Å². The highest BCUT2D eigenvalue weighted by molar-refractivity contribution is 5.89. The molecule has 0 fully saturated rings. The average molecular weight is 265 g/mol. The van der Waals surface area contributed by atoms with E-state index in [0.717, 1.165) is 22.4 Å². The summed E-state index contributed by atoms with van der Waals surface area (Å²) in [6.45, 7) is -1.68. The van der Waals surface area contributed by atoms with Crippen LogP contribution in [0.4, 0.5) is 0 Å². The van der Waals surface area contributed by atoms with Crippen molar-refractivity contribution >= 4 is 16.7 Å². The van der Waals surface area contributed by atoms with E-state index in [1.165, 1.54) is 4.57 Å². The predicted molar refractivity (Wildman–Crippen MR) is 74.2 cm³/mol. The molecule has 0 amide bonds. The first kappa shape index (κ1) is 7.79. The molecule has 4 aromatic heterocycles. The van der Waals surface area contributed by atoms with Gasteiger partial charge in [0.2, 0.25) is 5.52 Å². The first-order chi connectivity index (χ1) is 11.1. The molecule has 5 rings (SSSR count). The maximum Gasteiger partial charge on any atom is 0.309 e. The van der Waals surface area contributed by atoms with Gasteiger partial charge < -0.3 is 4.40 Å². The Bertz CT molecular complexity index is 1090. The van der Waals surface area contributed by atoms with Gasteiger partial charge in [-0.05, 0) is 12.1 Å². The number of pyridine rings is 1. The molecule has 0 N–H and O–H groups in total. The van der Waals surface area contributed by atoms with Crippen molar-refractivity contribution in [2.45, 2.75) is 6.54 Å². The Balaban J connectivity index is 2.01. The van der Waals surface area contributed by atoms with Crippen LogP contribution in [0.2, 0.25) is 0 Å². The third-order valence-electron chi connectivity index (χ3n) is 3.90. The van der Waals surface area contributed by atoms with Gasteiger partial charge in [-0.1, -0.05) is 6.07 Å². The second-order valence-electron chi connectivity index (χ2n) is 4.97. The number of rotatable bonds is 0. The molecule has 5 nitrogen and oxygen atoms in total. The van der Waals surface area contributed by atoms with E-state index in [9.17, 15) is 0 Å². The highest BCUT2D eigenvalue weighted by atomic mass is 15.2. The van der Waals surface area contributed by atoms with Crippen molar-refractivity contribution in [1.29, 1.82) is 0 Å². The highest BCUT2D eigenvalue weighted by Gasteiger charge is 2.35. The van der Waals surface area contributed by atoms with Crippen molar-refractivity contribution in [2.75, 3.05) is 0 Å². The zero-order chi connectivity index (χ0) is 15.8. The Morgan fingerprint density at radius 2 is 2.25 bits per heavy atom. The summed E-state index contributed by atoms with van der Waals surface area (Å²) in [6.07, 6.45) is 7.10. The molecule has 20 heavy (non-hydrogen) atoms. The molecule has 0 bridgehead atoms. The summed E-state index contributed by atoms with van der Waals surface area (Å²) < 4.78 is 29.2. The number of imidazole rings is 1. The average Bonchev–Trinajstić information content (AvgIpc) is 3.12. The van der Waals surface area contributed by atoms with Crippen LogP contribution in [-0.2, 0) is 13.5 Å². The summed E-state index contributed by atoms with van der Waals surface area (Å²) >= 11 is 0. The number of fused-ring (bicyclic) bond motifs is 7. The Hall–Kier alpha value is -2.69. The van der Waals surface area contributed by atoms with Crippen molar-refractivity contribution in [3.63, 3.8) is 0 Å². The molecule has 0 aromatic carbocycles. The van der Waals surface area contributed by atoms with Crippen molar-refractivity contribution in [2.24, 2.45) is 6.98 Å². The Kier molecular flexibility index (Phi) is 1.27.